The molecule has 0 aliphatic rings. The van der Waals surface area contributed by atoms with Crippen LogP contribution in [0.1, 0.15) is 24.0 Å². The van der Waals surface area contributed by atoms with Crippen LogP contribution in [0.15, 0.2) is 48.5 Å². The monoisotopic (exact) mass is 514 g/mol. The largest absolute Gasteiger partial charge is 1.00 e. The van der Waals surface area contributed by atoms with Crippen LogP contribution in [-0.4, -0.2) is 18.0 Å². The van der Waals surface area contributed by atoms with Crippen molar-refractivity contribution in [3.05, 3.63) is 59.7 Å². The molecule has 0 aromatic heterocycles. The predicted molar refractivity (Wildman–Crippen MR) is 91.7 cm³/mol. The van der Waals surface area contributed by atoms with Crippen molar-refractivity contribution in [2.45, 2.75) is 31.2 Å². The molecule has 7 nitrogen and oxygen atoms in total. The first-order chi connectivity index (χ1) is 12.1. The maximum atomic E-state index is 11.0. The van der Waals surface area contributed by atoms with E-state index in [-0.39, 0.29) is 161 Å². The molecule has 0 spiro atoms. The van der Waals surface area contributed by atoms with E-state index in [9.17, 15) is 27.3 Å². The van der Waals surface area contributed by atoms with E-state index in [1.807, 2.05) is 31.2 Å². The summed E-state index contributed by atoms with van der Waals surface area (Å²) in [6.07, 6.45) is -0.162. The molecule has 0 bridgehead atoms. The Morgan fingerprint density at radius 2 is 1.59 bits per heavy atom. The molecular weight excluding hydrogens is 497 g/mol. The van der Waals surface area contributed by atoms with Crippen molar-refractivity contribution < 1.29 is 186 Å². The van der Waals surface area contributed by atoms with Gasteiger partial charge in [-0.15, -0.1) is 0 Å². The van der Waals surface area contributed by atoms with Crippen LogP contribution in [0.4, 0.5) is 0 Å². The number of aryl methyl sites for hydroxylation is 2. The van der Waals surface area contributed by atoms with E-state index in [1.54, 1.807) is 24.3 Å². The molecule has 2 aromatic carbocycles. The molecule has 0 radical (unpaired) electrons. The molecule has 0 saturated heterocycles. The van der Waals surface area contributed by atoms with E-state index >= 15 is 0 Å². The molecule has 0 saturated carbocycles. The van der Waals surface area contributed by atoms with Crippen molar-refractivity contribution in [2.75, 3.05) is 0 Å². The van der Waals surface area contributed by atoms with E-state index in [0.29, 0.717) is 17.9 Å². The number of benzene rings is 2. The molecule has 0 heterocycles. The maximum Gasteiger partial charge on any atom is 1.00 e. The van der Waals surface area contributed by atoms with Crippen LogP contribution in [0.25, 0.3) is 0 Å². The average Bonchev–Trinajstić information content (AvgIpc) is 2.52. The van der Waals surface area contributed by atoms with Crippen LogP contribution in [0, 0.1) is 6.92 Å². The first kappa shape index (κ1) is 34.4. The number of rotatable bonds is 8. The molecule has 142 valence electrons. The van der Waals surface area contributed by atoms with Crippen molar-refractivity contribution in [1.82, 2.24) is 0 Å². The zero-order valence-corrected chi connectivity index (χ0v) is 28.1. The zero-order chi connectivity index (χ0) is 19.4. The van der Waals surface area contributed by atoms with Gasteiger partial charge in [0, 0.05) is 0 Å². The third-order valence-corrected chi connectivity index (χ3v) is 7.17. The Balaban J connectivity index is 0. The van der Waals surface area contributed by atoms with Crippen LogP contribution in [0.5, 0.6) is 11.5 Å². The average molecular weight is 515 g/mol. The minimum Gasteiger partial charge on any atom is -0.810 e. The number of hydrogen-bond acceptors (Lipinski definition) is 7. The molecule has 0 aliphatic heterocycles. The standard InChI is InChI=1S/C17H21O7PS.3K/c1-13-8-10-15(11-9-13)24-16-6-2-4-14(12-16)5-3-7-17(25(18,19)20)26(21,22)23;;;/h2,4,6,8-12,17H,3,5,7H2,1H3,(H2,18,19,20)(H,21,22,23);;;/q;3*+1/p-3. The Morgan fingerprint density at radius 1 is 1.00 bits per heavy atom. The molecule has 0 amide bonds. The summed E-state index contributed by atoms with van der Waals surface area (Å²) in [4.78, 5) is 19.5. The maximum absolute atomic E-state index is 11.0. The summed E-state index contributed by atoms with van der Waals surface area (Å²) in [6, 6.07) is 14.5. The van der Waals surface area contributed by atoms with E-state index in [4.69, 9.17) is 4.74 Å². The van der Waals surface area contributed by atoms with Gasteiger partial charge in [0.2, 0.25) is 0 Å². The van der Waals surface area contributed by atoms with Crippen LogP contribution < -0.4 is 169 Å². The second-order valence-corrected chi connectivity index (χ2v) is 9.55. The van der Waals surface area contributed by atoms with Crippen LogP contribution >= 0.6 is 7.60 Å². The summed E-state index contributed by atoms with van der Waals surface area (Å²) >= 11 is 0. The van der Waals surface area contributed by atoms with Gasteiger partial charge in [0.25, 0.3) is 0 Å². The minimum absolute atomic E-state index is 0. The molecule has 1 atom stereocenters. The number of hydrogen-bond donors (Lipinski definition) is 0. The third-order valence-electron chi connectivity index (χ3n) is 3.76. The SMILES string of the molecule is Cc1ccc(Oc2cccc(CCCC(P(=O)([O-])[O-])S(=O)(=O)[O-])c2)cc1.[K+].[K+].[K+]. The molecule has 2 aromatic rings. The molecule has 12 heteroatoms. The van der Waals surface area contributed by atoms with Gasteiger partial charge in [-0.05, 0) is 56.0 Å². The smallest absolute Gasteiger partial charge is 0.810 e. The summed E-state index contributed by atoms with van der Waals surface area (Å²) in [5.74, 6) is 1.22. The van der Waals surface area contributed by atoms with Gasteiger partial charge in [-0.2, -0.15) is 0 Å². The molecule has 1 unspecified atom stereocenters. The molecule has 29 heavy (non-hydrogen) atoms. The van der Waals surface area contributed by atoms with Crippen LogP contribution in [0.3, 0.4) is 0 Å². The Bertz CT molecular complexity index is 901. The van der Waals surface area contributed by atoms with Gasteiger partial charge in [-0.1, -0.05) is 37.4 Å². The second-order valence-electron chi connectivity index (χ2n) is 5.94. The first-order valence-corrected chi connectivity index (χ1v) is 10.9. The Kier molecular flexibility index (Phi) is 19.0. The van der Waals surface area contributed by atoms with Gasteiger partial charge in [0.05, 0.1) is 4.99 Å². The van der Waals surface area contributed by atoms with E-state index < -0.39 is 29.1 Å². The van der Waals surface area contributed by atoms with Gasteiger partial charge in [0.1, 0.15) is 21.6 Å². The Labute approximate surface area is 299 Å². The molecule has 2 rings (SSSR count). The summed E-state index contributed by atoms with van der Waals surface area (Å²) in [5.41, 5.74) is 1.87. The van der Waals surface area contributed by atoms with Gasteiger partial charge in [-0.3, -0.25) is 0 Å². The third kappa shape index (κ3) is 13.0. The Morgan fingerprint density at radius 3 is 2.10 bits per heavy atom. The summed E-state index contributed by atoms with van der Waals surface area (Å²) < 4.78 is 49.6. The first-order valence-electron chi connectivity index (χ1n) is 7.85. The zero-order valence-electron chi connectivity index (χ0n) is 17.0. The predicted octanol–water partition coefficient (Wildman–Crippen LogP) is -7.09. The van der Waals surface area contributed by atoms with Crippen molar-refractivity contribution in [3.8, 4) is 11.5 Å². The normalized spacial score (nSPS) is 12.0. The minimum atomic E-state index is -5.50. The van der Waals surface area contributed by atoms with Crippen LogP contribution in [0.2, 0.25) is 0 Å². The molecule has 0 N–H and O–H groups in total. The van der Waals surface area contributed by atoms with E-state index in [0.717, 1.165) is 11.1 Å². The molecule has 0 aliphatic carbocycles. The van der Waals surface area contributed by atoms with Crippen LogP contribution in [-0.2, 0) is 21.1 Å². The quantitative estimate of drug-likeness (QED) is 0.194. The fraction of sp³-hybridized carbons (Fsp3) is 0.294. The summed E-state index contributed by atoms with van der Waals surface area (Å²) in [6.45, 7) is 1.96. The second kappa shape index (κ2) is 16.0. The summed E-state index contributed by atoms with van der Waals surface area (Å²) in [5, 5.41) is 0. The van der Waals surface area contributed by atoms with Crippen molar-refractivity contribution in [2.24, 2.45) is 0 Å². The molecular formula is C17H18K3O7PS. The van der Waals surface area contributed by atoms with Gasteiger partial charge < -0.3 is 23.6 Å². The fourth-order valence-corrected chi connectivity index (χ4v) is 4.67. The van der Waals surface area contributed by atoms with Gasteiger partial charge in [-0.25, -0.2) is 8.42 Å². The number of ether oxygens (including phenoxy) is 1. The molecule has 0 fully saturated rings. The van der Waals surface area contributed by atoms with E-state index in [1.165, 1.54) is 0 Å². The van der Waals surface area contributed by atoms with E-state index in [2.05, 4.69) is 0 Å². The van der Waals surface area contributed by atoms with Gasteiger partial charge >= 0.3 is 154 Å². The van der Waals surface area contributed by atoms with Gasteiger partial charge in [0.15, 0.2) is 0 Å². The van der Waals surface area contributed by atoms with Crippen molar-refractivity contribution >= 4 is 17.7 Å². The van der Waals surface area contributed by atoms with Crippen molar-refractivity contribution in [1.29, 1.82) is 0 Å². The Hall–Kier alpha value is 3.21. The topological polar surface area (TPSA) is 130 Å². The fourth-order valence-electron chi connectivity index (χ4n) is 2.45. The van der Waals surface area contributed by atoms with Crippen molar-refractivity contribution in [3.63, 3.8) is 0 Å². The summed E-state index contributed by atoms with van der Waals surface area (Å²) in [7, 11) is -10.7.